The van der Waals surface area contributed by atoms with E-state index >= 15 is 0 Å². The van der Waals surface area contributed by atoms with Gasteiger partial charge in [-0.25, -0.2) is 0 Å². The molecule has 0 aliphatic carbocycles. The summed E-state index contributed by atoms with van der Waals surface area (Å²) in [6.07, 6.45) is 3.86. The zero-order valence-corrected chi connectivity index (χ0v) is 8.57. The van der Waals surface area contributed by atoms with E-state index in [0.29, 0.717) is 6.42 Å². The van der Waals surface area contributed by atoms with Crippen LogP contribution in [0.4, 0.5) is 0 Å². The molecule has 0 spiro atoms. The molecule has 0 radical (unpaired) electrons. The number of carbonyl (C=O) groups excluding carboxylic acids is 2. The van der Waals surface area contributed by atoms with Gasteiger partial charge in [0.15, 0.2) is 5.92 Å². The zero-order valence-electron chi connectivity index (χ0n) is 8.57. The molecule has 4 heteroatoms. The monoisotopic (exact) mass is 198 g/mol. The highest BCUT2D eigenvalue weighted by Crippen LogP contribution is 2.24. The summed E-state index contributed by atoms with van der Waals surface area (Å²) in [5.74, 6) is -2.95. The van der Waals surface area contributed by atoms with Crippen molar-refractivity contribution in [2.45, 2.75) is 33.0 Å². The number of hydrogen-bond acceptors (Lipinski definition) is 4. The van der Waals surface area contributed by atoms with Crippen LogP contribution in [0.5, 0.6) is 0 Å². The van der Waals surface area contributed by atoms with Crippen LogP contribution in [0, 0.1) is 5.92 Å². The fourth-order valence-corrected chi connectivity index (χ4v) is 1.21. The van der Waals surface area contributed by atoms with E-state index in [4.69, 9.17) is 9.47 Å². The van der Waals surface area contributed by atoms with Crippen molar-refractivity contribution < 1.29 is 19.1 Å². The lowest BCUT2D eigenvalue weighted by molar-refractivity contribution is -0.239. The Morgan fingerprint density at radius 2 is 1.79 bits per heavy atom. The van der Waals surface area contributed by atoms with E-state index in [0.717, 1.165) is 0 Å². The van der Waals surface area contributed by atoms with Crippen molar-refractivity contribution in [1.29, 1.82) is 0 Å². The van der Waals surface area contributed by atoms with Crippen LogP contribution >= 0.6 is 0 Å². The third-order valence-corrected chi connectivity index (χ3v) is 1.87. The van der Waals surface area contributed by atoms with Crippen molar-refractivity contribution >= 4 is 11.9 Å². The van der Waals surface area contributed by atoms with E-state index in [1.165, 1.54) is 13.8 Å². The van der Waals surface area contributed by atoms with E-state index in [1.54, 1.807) is 12.2 Å². The number of ether oxygens (including phenoxy) is 2. The minimum absolute atomic E-state index is 0.338. The van der Waals surface area contributed by atoms with E-state index in [9.17, 15) is 9.59 Å². The summed E-state index contributed by atoms with van der Waals surface area (Å²) in [5.41, 5.74) is 0. The number of hydrogen-bond donors (Lipinski definition) is 0. The maximum absolute atomic E-state index is 11.4. The van der Waals surface area contributed by atoms with Crippen LogP contribution in [-0.2, 0) is 19.1 Å². The Kier molecular flexibility index (Phi) is 2.93. The molecule has 78 valence electrons. The molecule has 1 aliphatic rings. The second kappa shape index (κ2) is 3.82. The minimum Gasteiger partial charge on any atom is -0.422 e. The maximum Gasteiger partial charge on any atom is 0.323 e. The smallest absolute Gasteiger partial charge is 0.323 e. The van der Waals surface area contributed by atoms with Crippen molar-refractivity contribution in [3.05, 3.63) is 12.2 Å². The molecule has 0 unspecified atom stereocenters. The SMILES string of the molecule is C/C=C/CC1C(=O)OC(C)(C)OC1=O. The van der Waals surface area contributed by atoms with E-state index in [2.05, 4.69) is 0 Å². The van der Waals surface area contributed by atoms with E-state index < -0.39 is 23.6 Å². The van der Waals surface area contributed by atoms with E-state index in [-0.39, 0.29) is 0 Å². The van der Waals surface area contributed by atoms with Crippen LogP contribution in [0.3, 0.4) is 0 Å². The molecular formula is C10H14O4. The minimum atomic E-state index is -1.12. The topological polar surface area (TPSA) is 52.6 Å². The summed E-state index contributed by atoms with van der Waals surface area (Å²) >= 11 is 0. The molecule has 0 amide bonds. The van der Waals surface area contributed by atoms with Gasteiger partial charge in [-0.05, 0) is 13.3 Å². The van der Waals surface area contributed by atoms with Crippen LogP contribution in [-0.4, -0.2) is 17.7 Å². The van der Waals surface area contributed by atoms with Crippen LogP contribution in [0.25, 0.3) is 0 Å². The van der Waals surface area contributed by atoms with Crippen LogP contribution in [0.2, 0.25) is 0 Å². The molecule has 0 saturated carbocycles. The first kappa shape index (κ1) is 10.8. The molecular weight excluding hydrogens is 184 g/mol. The number of cyclic esters (lactones) is 2. The number of allylic oxidation sites excluding steroid dienone is 2. The highest BCUT2D eigenvalue weighted by Gasteiger charge is 2.42. The normalized spacial score (nSPS) is 22.2. The molecule has 4 nitrogen and oxygen atoms in total. The Labute approximate surface area is 82.9 Å². The summed E-state index contributed by atoms with van der Waals surface area (Å²) in [6.45, 7) is 4.90. The van der Waals surface area contributed by atoms with Gasteiger partial charge in [-0.3, -0.25) is 9.59 Å². The van der Waals surface area contributed by atoms with Gasteiger partial charge in [0.2, 0.25) is 0 Å². The molecule has 14 heavy (non-hydrogen) atoms. The Bertz CT molecular complexity index is 258. The second-order valence-electron chi connectivity index (χ2n) is 3.60. The fraction of sp³-hybridized carbons (Fsp3) is 0.600. The molecule has 1 fully saturated rings. The Morgan fingerprint density at radius 1 is 1.29 bits per heavy atom. The summed E-state index contributed by atoms with van der Waals surface area (Å²) in [6, 6.07) is 0. The second-order valence-corrected chi connectivity index (χ2v) is 3.60. The fourth-order valence-electron chi connectivity index (χ4n) is 1.21. The van der Waals surface area contributed by atoms with Crippen molar-refractivity contribution in [2.75, 3.05) is 0 Å². The molecule has 0 aromatic heterocycles. The Hall–Kier alpha value is -1.32. The lowest BCUT2D eigenvalue weighted by Gasteiger charge is -2.32. The van der Waals surface area contributed by atoms with Crippen molar-refractivity contribution in [3.8, 4) is 0 Å². The maximum atomic E-state index is 11.4. The molecule has 0 bridgehead atoms. The largest absolute Gasteiger partial charge is 0.422 e. The molecule has 0 N–H and O–H groups in total. The van der Waals surface area contributed by atoms with Crippen molar-refractivity contribution in [2.24, 2.45) is 5.92 Å². The first-order valence-electron chi connectivity index (χ1n) is 4.53. The molecule has 1 heterocycles. The number of esters is 2. The molecule has 1 aliphatic heterocycles. The Morgan fingerprint density at radius 3 is 2.21 bits per heavy atom. The van der Waals surface area contributed by atoms with Gasteiger partial charge in [-0.1, -0.05) is 12.2 Å². The van der Waals surface area contributed by atoms with Crippen LogP contribution in [0.1, 0.15) is 27.2 Å². The molecule has 0 aromatic carbocycles. The van der Waals surface area contributed by atoms with Gasteiger partial charge in [0.25, 0.3) is 5.79 Å². The van der Waals surface area contributed by atoms with Gasteiger partial charge in [-0.15, -0.1) is 0 Å². The van der Waals surface area contributed by atoms with Gasteiger partial charge >= 0.3 is 11.9 Å². The summed E-state index contributed by atoms with van der Waals surface area (Å²) in [7, 11) is 0. The highest BCUT2D eigenvalue weighted by molar-refractivity contribution is 5.96. The van der Waals surface area contributed by atoms with E-state index in [1.807, 2.05) is 6.92 Å². The highest BCUT2D eigenvalue weighted by atomic mass is 16.7. The summed E-state index contributed by atoms with van der Waals surface area (Å²) in [5, 5.41) is 0. The Balaban J connectivity index is 2.71. The van der Waals surface area contributed by atoms with Gasteiger partial charge in [0.05, 0.1) is 0 Å². The predicted octanol–water partition coefficient (Wildman–Crippen LogP) is 1.40. The average Bonchev–Trinajstić information content (AvgIpc) is 2.00. The number of carbonyl (C=O) groups is 2. The van der Waals surface area contributed by atoms with Crippen LogP contribution < -0.4 is 0 Å². The lowest BCUT2D eigenvalue weighted by atomic mass is 10.0. The first-order valence-corrected chi connectivity index (χ1v) is 4.53. The quantitative estimate of drug-likeness (QED) is 0.382. The molecule has 1 rings (SSSR count). The lowest BCUT2D eigenvalue weighted by Crippen LogP contribution is -2.46. The van der Waals surface area contributed by atoms with Gasteiger partial charge in [0, 0.05) is 13.8 Å². The third-order valence-electron chi connectivity index (χ3n) is 1.87. The van der Waals surface area contributed by atoms with Gasteiger partial charge in [-0.2, -0.15) is 0 Å². The molecule has 0 atom stereocenters. The summed E-state index contributed by atoms with van der Waals surface area (Å²) < 4.78 is 9.88. The van der Waals surface area contributed by atoms with Gasteiger partial charge in [0.1, 0.15) is 0 Å². The van der Waals surface area contributed by atoms with Crippen LogP contribution in [0.15, 0.2) is 12.2 Å². The molecule has 1 saturated heterocycles. The number of rotatable bonds is 2. The molecule has 0 aromatic rings. The predicted molar refractivity (Wildman–Crippen MR) is 49.2 cm³/mol. The third kappa shape index (κ3) is 2.34. The first-order chi connectivity index (χ1) is 6.46. The average molecular weight is 198 g/mol. The standard InChI is InChI=1S/C10H14O4/c1-4-5-6-7-8(11)13-10(2,3)14-9(7)12/h4-5,7H,6H2,1-3H3/b5-4+. The zero-order chi connectivity index (χ0) is 10.8. The summed E-state index contributed by atoms with van der Waals surface area (Å²) in [4.78, 5) is 22.7. The van der Waals surface area contributed by atoms with Crippen molar-refractivity contribution in [3.63, 3.8) is 0 Å². The van der Waals surface area contributed by atoms with Crippen molar-refractivity contribution in [1.82, 2.24) is 0 Å². The van der Waals surface area contributed by atoms with Gasteiger partial charge < -0.3 is 9.47 Å².